The van der Waals surface area contributed by atoms with E-state index in [4.69, 9.17) is 0 Å². The summed E-state index contributed by atoms with van der Waals surface area (Å²) in [6.45, 7) is 0. The summed E-state index contributed by atoms with van der Waals surface area (Å²) in [5.41, 5.74) is 0. The molecule has 3 nitrogen and oxygen atoms in total. The van der Waals surface area contributed by atoms with Gasteiger partial charge >= 0.3 is 0 Å². The number of hydrogen-bond acceptors (Lipinski definition) is 3. The highest BCUT2D eigenvalue weighted by molar-refractivity contribution is 7.87. The van der Waals surface area contributed by atoms with Crippen LogP contribution in [0.3, 0.4) is 0 Å². The van der Waals surface area contributed by atoms with E-state index in [-0.39, 0.29) is 4.90 Å². The van der Waals surface area contributed by atoms with Crippen LogP contribution in [0.5, 0.6) is 0 Å². The van der Waals surface area contributed by atoms with E-state index in [2.05, 4.69) is 4.18 Å². The molecule has 2 aromatic rings. The van der Waals surface area contributed by atoms with Gasteiger partial charge in [-0.25, -0.2) is 4.39 Å². The predicted octanol–water partition coefficient (Wildman–Crippen LogP) is 2.31. The van der Waals surface area contributed by atoms with Crippen LogP contribution in [0.15, 0.2) is 41.3 Å². The average molecular weight is 240 g/mol. The summed E-state index contributed by atoms with van der Waals surface area (Å²) in [7, 11) is -2.67. The molecule has 0 aliphatic heterocycles. The van der Waals surface area contributed by atoms with Crippen molar-refractivity contribution in [3.8, 4) is 0 Å². The van der Waals surface area contributed by atoms with Crippen molar-refractivity contribution in [1.82, 2.24) is 0 Å². The molecular weight excluding hydrogens is 231 g/mol. The number of hydrogen-bond donors (Lipinski definition) is 0. The SMILES string of the molecule is COS(=O)(=O)c1cccc2cc(F)ccc12. The Bertz CT molecular complexity index is 635. The molecule has 0 bridgehead atoms. The topological polar surface area (TPSA) is 43.4 Å². The molecule has 0 aromatic heterocycles. The first-order chi connectivity index (χ1) is 7.54. The van der Waals surface area contributed by atoms with Crippen molar-refractivity contribution in [2.75, 3.05) is 7.11 Å². The number of benzene rings is 2. The average Bonchev–Trinajstić information content (AvgIpc) is 2.27. The summed E-state index contributed by atoms with van der Waals surface area (Å²) in [5, 5.41) is 0.976. The second kappa shape index (κ2) is 3.84. The van der Waals surface area contributed by atoms with E-state index in [1.165, 1.54) is 24.3 Å². The molecule has 0 N–H and O–H groups in total. The van der Waals surface area contributed by atoms with Crippen molar-refractivity contribution in [1.29, 1.82) is 0 Å². The summed E-state index contributed by atoms with van der Waals surface area (Å²) in [5.74, 6) is -0.403. The van der Waals surface area contributed by atoms with E-state index in [1.54, 1.807) is 12.1 Å². The highest BCUT2D eigenvalue weighted by Crippen LogP contribution is 2.24. The zero-order chi connectivity index (χ0) is 11.8. The maximum Gasteiger partial charge on any atom is 0.297 e. The molecule has 0 saturated carbocycles. The normalized spacial score (nSPS) is 11.9. The van der Waals surface area contributed by atoms with Gasteiger partial charge in [0.25, 0.3) is 10.1 Å². The Morgan fingerprint density at radius 2 is 1.94 bits per heavy atom. The fourth-order valence-corrected chi connectivity index (χ4v) is 2.41. The lowest BCUT2D eigenvalue weighted by Crippen LogP contribution is -2.03. The first-order valence-electron chi connectivity index (χ1n) is 4.53. The highest BCUT2D eigenvalue weighted by atomic mass is 32.2. The van der Waals surface area contributed by atoms with Gasteiger partial charge in [0.2, 0.25) is 0 Å². The fourth-order valence-electron chi connectivity index (χ4n) is 1.53. The van der Waals surface area contributed by atoms with Gasteiger partial charge < -0.3 is 0 Å². The molecule has 0 aliphatic rings. The third-order valence-corrected chi connectivity index (χ3v) is 3.62. The first kappa shape index (κ1) is 11.0. The maximum atomic E-state index is 13.0. The molecule has 2 aromatic carbocycles. The molecule has 0 spiro atoms. The smallest absolute Gasteiger partial charge is 0.270 e. The molecule has 84 valence electrons. The molecular formula is C11H9FO3S. The summed E-state index contributed by atoms with van der Waals surface area (Å²) < 4.78 is 40.6. The Morgan fingerprint density at radius 1 is 1.19 bits per heavy atom. The Balaban J connectivity index is 2.82. The van der Waals surface area contributed by atoms with Gasteiger partial charge in [-0.2, -0.15) is 8.42 Å². The Hall–Kier alpha value is -1.46. The minimum absolute atomic E-state index is 0.0486. The quantitative estimate of drug-likeness (QED) is 0.756. The van der Waals surface area contributed by atoms with Crippen molar-refractivity contribution >= 4 is 20.9 Å². The maximum absolute atomic E-state index is 13.0. The summed E-state index contributed by atoms with van der Waals surface area (Å²) in [6, 6.07) is 8.55. The second-order valence-electron chi connectivity index (χ2n) is 3.24. The van der Waals surface area contributed by atoms with Gasteiger partial charge in [-0.05, 0) is 23.6 Å². The zero-order valence-corrected chi connectivity index (χ0v) is 9.29. The second-order valence-corrected chi connectivity index (χ2v) is 4.92. The van der Waals surface area contributed by atoms with Crippen LogP contribution >= 0.6 is 0 Å². The monoisotopic (exact) mass is 240 g/mol. The Kier molecular flexibility index (Phi) is 2.65. The van der Waals surface area contributed by atoms with Gasteiger partial charge in [-0.1, -0.05) is 18.2 Å². The number of rotatable bonds is 2. The van der Waals surface area contributed by atoms with Crippen molar-refractivity contribution in [2.24, 2.45) is 0 Å². The predicted molar refractivity (Wildman–Crippen MR) is 58.1 cm³/mol. The molecule has 16 heavy (non-hydrogen) atoms. The van der Waals surface area contributed by atoms with Crippen molar-refractivity contribution in [2.45, 2.75) is 4.90 Å². The Morgan fingerprint density at radius 3 is 2.62 bits per heavy atom. The summed E-state index contributed by atoms with van der Waals surface area (Å²) in [6.07, 6.45) is 0. The van der Waals surface area contributed by atoms with E-state index >= 15 is 0 Å². The lowest BCUT2D eigenvalue weighted by Gasteiger charge is -2.05. The minimum atomic E-state index is -3.76. The first-order valence-corrected chi connectivity index (χ1v) is 5.94. The molecule has 0 fully saturated rings. The summed E-state index contributed by atoms with van der Waals surface area (Å²) >= 11 is 0. The van der Waals surface area contributed by atoms with Gasteiger partial charge in [0.15, 0.2) is 0 Å². The third kappa shape index (κ3) is 1.79. The molecule has 0 radical (unpaired) electrons. The third-order valence-electron chi connectivity index (χ3n) is 2.29. The van der Waals surface area contributed by atoms with Crippen LogP contribution in [-0.4, -0.2) is 15.5 Å². The van der Waals surface area contributed by atoms with Crippen LogP contribution < -0.4 is 0 Å². The van der Waals surface area contributed by atoms with Crippen molar-refractivity contribution in [3.05, 3.63) is 42.2 Å². The van der Waals surface area contributed by atoms with Crippen molar-refractivity contribution in [3.63, 3.8) is 0 Å². The highest BCUT2D eigenvalue weighted by Gasteiger charge is 2.16. The van der Waals surface area contributed by atoms with Gasteiger partial charge in [0, 0.05) is 5.39 Å². The van der Waals surface area contributed by atoms with Crippen LogP contribution in [0, 0.1) is 5.82 Å². The lowest BCUT2D eigenvalue weighted by atomic mass is 10.1. The van der Waals surface area contributed by atoms with Crippen LogP contribution in [0.2, 0.25) is 0 Å². The molecule has 0 amide bonds. The molecule has 2 rings (SSSR count). The number of fused-ring (bicyclic) bond motifs is 1. The van der Waals surface area contributed by atoms with Crippen LogP contribution in [0.25, 0.3) is 10.8 Å². The van der Waals surface area contributed by atoms with Crippen LogP contribution in [0.4, 0.5) is 4.39 Å². The van der Waals surface area contributed by atoms with E-state index in [1.807, 2.05) is 0 Å². The summed E-state index contributed by atoms with van der Waals surface area (Å²) in [4.78, 5) is 0.0486. The van der Waals surface area contributed by atoms with Crippen molar-refractivity contribution < 1.29 is 17.0 Å². The van der Waals surface area contributed by atoms with Gasteiger partial charge in [0.05, 0.1) is 7.11 Å². The molecule has 0 unspecified atom stereocenters. The van der Waals surface area contributed by atoms with Gasteiger partial charge in [0.1, 0.15) is 10.7 Å². The molecule has 0 heterocycles. The fraction of sp³-hybridized carbons (Fsp3) is 0.0909. The number of halogens is 1. The van der Waals surface area contributed by atoms with Crippen LogP contribution in [-0.2, 0) is 14.3 Å². The van der Waals surface area contributed by atoms with E-state index in [9.17, 15) is 12.8 Å². The van der Waals surface area contributed by atoms with Gasteiger partial charge in [-0.15, -0.1) is 0 Å². The Labute approximate surface area is 92.6 Å². The van der Waals surface area contributed by atoms with Crippen LogP contribution in [0.1, 0.15) is 0 Å². The largest absolute Gasteiger partial charge is 0.297 e. The standard InChI is InChI=1S/C11H9FO3S/c1-15-16(13,14)11-4-2-3-8-7-9(12)5-6-10(8)11/h2-7H,1H3. The zero-order valence-electron chi connectivity index (χ0n) is 8.48. The van der Waals surface area contributed by atoms with E-state index < -0.39 is 15.9 Å². The molecule has 5 heteroatoms. The molecule has 0 aliphatic carbocycles. The molecule has 0 saturated heterocycles. The minimum Gasteiger partial charge on any atom is -0.270 e. The molecule has 0 atom stereocenters. The lowest BCUT2D eigenvalue weighted by molar-refractivity contribution is 0.398. The van der Waals surface area contributed by atoms with Gasteiger partial charge in [-0.3, -0.25) is 4.18 Å². The van der Waals surface area contributed by atoms with E-state index in [0.717, 1.165) is 7.11 Å². The van der Waals surface area contributed by atoms with E-state index in [0.29, 0.717) is 10.8 Å².